The van der Waals surface area contributed by atoms with Gasteiger partial charge in [0.25, 0.3) is 6.01 Å². The zero-order valence-electron chi connectivity index (χ0n) is 22.4. The molecule has 0 unspecified atom stereocenters. The second-order valence-electron chi connectivity index (χ2n) is 10.8. The first-order valence-electron chi connectivity index (χ1n) is 13.4. The maximum atomic E-state index is 13.6. The Morgan fingerprint density at radius 2 is 1.89 bits per heavy atom. The van der Waals surface area contributed by atoms with Crippen molar-refractivity contribution in [3.8, 4) is 5.75 Å². The molecule has 0 bridgehead atoms. The lowest BCUT2D eigenvalue weighted by Gasteiger charge is -2.24. The number of oxazole rings is 1. The molecule has 1 fully saturated rings. The maximum Gasteiger partial charge on any atom is 0.410 e. The van der Waals surface area contributed by atoms with E-state index in [1.54, 1.807) is 4.90 Å². The number of halogens is 2. The topological polar surface area (TPSA) is 76.8 Å². The highest BCUT2D eigenvalue weighted by molar-refractivity contribution is 5.75. The molecule has 0 radical (unpaired) electrons. The minimum atomic E-state index is -0.672. The van der Waals surface area contributed by atoms with E-state index in [0.717, 1.165) is 49.6 Å². The molecule has 1 aliphatic rings. The number of nitrogens with one attached hydrogen (secondary N) is 1. The summed E-state index contributed by atoms with van der Waals surface area (Å²) in [5, 5.41) is 3.28. The van der Waals surface area contributed by atoms with Gasteiger partial charge in [0.2, 0.25) is 0 Å². The number of likely N-dealkylation sites (tertiary alicyclic amines) is 1. The molecule has 1 N–H and O–H groups in total. The number of para-hydroxylation sites is 1. The Bertz CT molecular complexity index is 1200. The van der Waals surface area contributed by atoms with E-state index in [4.69, 9.17) is 13.9 Å². The van der Waals surface area contributed by atoms with Crippen molar-refractivity contribution in [2.45, 2.75) is 64.9 Å². The zero-order valence-corrected chi connectivity index (χ0v) is 22.4. The Labute approximate surface area is 222 Å². The summed E-state index contributed by atoms with van der Waals surface area (Å²) in [7, 11) is 0. The second-order valence-corrected chi connectivity index (χ2v) is 10.8. The first kappa shape index (κ1) is 27.7. The van der Waals surface area contributed by atoms with Gasteiger partial charge in [0.15, 0.2) is 23.0 Å². The number of fused-ring (bicyclic) bond motifs is 1. The number of rotatable bonds is 11. The highest BCUT2D eigenvalue weighted by Crippen LogP contribution is 2.24. The molecule has 206 valence electrons. The number of aryl methyl sites for hydroxylation is 1. The lowest BCUT2D eigenvalue weighted by molar-refractivity contribution is 0.0289. The lowest BCUT2D eigenvalue weighted by Crippen LogP contribution is -2.35. The molecule has 0 spiro atoms. The van der Waals surface area contributed by atoms with Gasteiger partial charge in [-0.3, -0.25) is 0 Å². The third kappa shape index (κ3) is 7.82. The first-order chi connectivity index (χ1) is 18.2. The summed E-state index contributed by atoms with van der Waals surface area (Å²) in [4.78, 5) is 18.6. The Morgan fingerprint density at radius 3 is 2.66 bits per heavy atom. The van der Waals surface area contributed by atoms with Gasteiger partial charge in [-0.25, -0.2) is 13.6 Å². The second kappa shape index (κ2) is 12.5. The molecule has 1 aliphatic heterocycles. The molecule has 38 heavy (non-hydrogen) atoms. The van der Waals surface area contributed by atoms with Crippen molar-refractivity contribution in [3.05, 3.63) is 53.6 Å². The fourth-order valence-corrected chi connectivity index (χ4v) is 4.50. The Balaban J connectivity index is 1.15. The molecule has 2 heterocycles. The molecule has 4 rings (SSSR count). The first-order valence-corrected chi connectivity index (χ1v) is 13.4. The summed E-state index contributed by atoms with van der Waals surface area (Å²) >= 11 is 0. The summed E-state index contributed by atoms with van der Waals surface area (Å²) in [6, 6.07) is 10.3. The van der Waals surface area contributed by atoms with Gasteiger partial charge in [0.1, 0.15) is 11.1 Å². The normalized spacial score (nSPS) is 15.7. The quantitative estimate of drug-likeness (QED) is 0.271. The number of benzene rings is 2. The van der Waals surface area contributed by atoms with Gasteiger partial charge in [-0.05, 0) is 82.2 Å². The zero-order chi connectivity index (χ0) is 27.1. The van der Waals surface area contributed by atoms with Gasteiger partial charge in [-0.1, -0.05) is 25.0 Å². The summed E-state index contributed by atoms with van der Waals surface area (Å²) in [5.41, 5.74) is 2.22. The van der Waals surface area contributed by atoms with Gasteiger partial charge >= 0.3 is 6.09 Å². The number of unbranched alkanes of at least 4 members (excludes halogenated alkanes) is 3. The molecule has 1 aromatic heterocycles. The van der Waals surface area contributed by atoms with Gasteiger partial charge < -0.3 is 24.1 Å². The van der Waals surface area contributed by atoms with Crippen LogP contribution in [0.4, 0.5) is 19.6 Å². The standard InChI is InChI=1S/C29H37F2N3O4/c1-29(2,3)38-28(35)34-15-14-21(19-34)18-32-27-33-24-13-12-20(17-25(24)37-27)9-6-4-5-7-16-36-26-22(30)10-8-11-23(26)31/h8,10-13,17,21H,4-7,9,14-16,18-19H2,1-3H3,(H,32,33)/t21-/m1/s1. The number of carbonyl (C=O) groups excluding carboxylic acids is 1. The van der Waals surface area contributed by atoms with E-state index in [0.29, 0.717) is 31.6 Å². The van der Waals surface area contributed by atoms with E-state index in [9.17, 15) is 13.6 Å². The Hall–Kier alpha value is -3.36. The number of amides is 1. The minimum absolute atomic E-state index is 0.263. The smallest absolute Gasteiger partial charge is 0.410 e. The summed E-state index contributed by atoms with van der Waals surface area (Å²) in [5.74, 6) is -1.33. The minimum Gasteiger partial charge on any atom is -0.488 e. The monoisotopic (exact) mass is 529 g/mol. The van der Waals surface area contributed by atoms with Crippen LogP contribution < -0.4 is 10.1 Å². The number of anilines is 1. The summed E-state index contributed by atoms with van der Waals surface area (Å²) in [6.07, 6.45) is 5.19. The van der Waals surface area contributed by atoms with E-state index in [1.165, 1.54) is 23.8 Å². The Morgan fingerprint density at radius 1 is 1.13 bits per heavy atom. The van der Waals surface area contributed by atoms with Gasteiger partial charge in [-0.15, -0.1) is 0 Å². The average molecular weight is 530 g/mol. The van der Waals surface area contributed by atoms with Crippen LogP contribution in [0.5, 0.6) is 5.75 Å². The van der Waals surface area contributed by atoms with Gasteiger partial charge in [0.05, 0.1) is 6.61 Å². The Kier molecular flexibility index (Phi) is 9.07. The van der Waals surface area contributed by atoms with Crippen LogP contribution in [0, 0.1) is 17.6 Å². The fraction of sp³-hybridized carbons (Fsp3) is 0.517. The van der Waals surface area contributed by atoms with Crippen molar-refractivity contribution in [2.75, 3.05) is 31.6 Å². The predicted molar refractivity (Wildman–Crippen MR) is 142 cm³/mol. The molecule has 7 nitrogen and oxygen atoms in total. The van der Waals surface area contributed by atoms with Crippen LogP contribution in [-0.4, -0.2) is 47.8 Å². The largest absolute Gasteiger partial charge is 0.488 e. The van der Waals surface area contributed by atoms with E-state index >= 15 is 0 Å². The van der Waals surface area contributed by atoms with Crippen molar-refractivity contribution < 1.29 is 27.5 Å². The highest BCUT2D eigenvalue weighted by atomic mass is 19.1. The van der Waals surface area contributed by atoms with Crippen LogP contribution in [0.1, 0.15) is 58.4 Å². The summed E-state index contributed by atoms with van der Waals surface area (Å²) < 4.78 is 43.8. The van der Waals surface area contributed by atoms with Crippen molar-refractivity contribution in [2.24, 2.45) is 5.92 Å². The molecule has 9 heteroatoms. The molecule has 2 aromatic carbocycles. The number of hydrogen-bond acceptors (Lipinski definition) is 6. The van der Waals surface area contributed by atoms with Crippen molar-refractivity contribution >= 4 is 23.2 Å². The van der Waals surface area contributed by atoms with E-state index in [1.807, 2.05) is 32.9 Å². The molecule has 1 amide bonds. The molecule has 0 aliphatic carbocycles. The average Bonchev–Trinajstić information content (AvgIpc) is 3.49. The highest BCUT2D eigenvalue weighted by Gasteiger charge is 2.29. The number of ether oxygens (including phenoxy) is 2. The van der Waals surface area contributed by atoms with E-state index in [2.05, 4.69) is 16.4 Å². The predicted octanol–water partition coefficient (Wildman–Crippen LogP) is 6.96. The SMILES string of the molecule is CC(C)(C)OC(=O)N1CC[C@H](CNc2nc3ccc(CCCCCCOc4c(F)cccc4F)cc3o2)C1. The molecule has 3 aromatic rings. The molecule has 0 saturated carbocycles. The van der Waals surface area contributed by atoms with Crippen molar-refractivity contribution in [1.82, 2.24) is 9.88 Å². The molecule has 1 saturated heterocycles. The lowest BCUT2D eigenvalue weighted by atomic mass is 10.1. The fourth-order valence-electron chi connectivity index (χ4n) is 4.50. The number of aromatic nitrogens is 1. The van der Waals surface area contributed by atoms with Crippen LogP contribution in [-0.2, 0) is 11.2 Å². The summed E-state index contributed by atoms with van der Waals surface area (Å²) in [6.45, 7) is 7.92. The van der Waals surface area contributed by atoms with Crippen LogP contribution in [0.3, 0.4) is 0 Å². The van der Waals surface area contributed by atoms with Crippen molar-refractivity contribution in [1.29, 1.82) is 0 Å². The van der Waals surface area contributed by atoms with Crippen LogP contribution in [0.25, 0.3) is 11.1 Å². The molecule has 1 atom stereocenters. The molecular formula is C29H37F2N3O4. The molecular weight excluding hydrogens is 492 g/mol. The third-order valence-corrected chi connectivity index (χ3v) is 6.46. The van der Waals surface area contributed by atoms with E-state index in [-0.39, 0.29) is 18.4 Å². The third-order valence-electron chi connectivity index (χ3n) is 6.46. The number of nitrogens with zero attached hydrogens (tertiary/aromatic N) is 2. The van der Waals surface area contributed by atoms with Gasteiger partial charge in [-0.2, -0.15) is 4.98 Å². The van der Waals surface area contributed by atoms with Crippen molar-refractivity contribution in [3.63, 3.8) is 0 Å². The van der Waals surface area contributed by atoms with Gasteiger partial charge in [0, 0.05) is 19.6 Å². The number of carbonyl (C=O) groups is 1. The van der Waals surface area contributed by atoms with Crippen LogP contribution in [0.2, 0.25) is 0 Å². The van der Waals surface area contributed by atoms with E-state index < -0.39 is 17.2 Å². The van der Waals surface area contributed by atoms with Crippen LogP contribution in [0.15, 0.2) is 40.8 Å². The maximum absolute atomic E-state index is 13.6. The number of hydrogen-bond donors (Lipinski definition) is 1. The van der Waals surface area contributed by atoms with Crippen LogP contribution >= 0.6 is 0 Å².